The number of aliphatic hydroxyl groups is 1. The first-order valence-electron chi connectivity index (χ1n) is 9.78. The smallest absolute Gasteiger partial charge is 0.0695 e. The van der Waals surface area contributed by atoms with Crippen molar-refractivity contribution in [2.24, 2.45) is 0 Å². The maximum atomic E-state index is 10.3. The zero-order valence-corrected chi connectivity index (χ0v) is 15.6. The quantitative estimate of drug-likeness (QED) is 0.868. The molecule has 1 saturated carbocycles. The van der Waals surface area contributed by atoms with Crippen LogP contribution in [0.3, 0.4) is 0 Å². The molecule has 2 aliphatic rings. The van der Waals surface area contributed by atoms with Crippen LogP contribution in [0.15, 0.2) is 0 Å². The van der Waals surface area contributed by atoms with Crippen LogP contribution in [-0.4, -0.2) is 51.1 Å². The predicted molar refractivity (Wildman–Crippen MR) is 97.1 cm³/mol. The van der Waals surface area contributed by atoms with Crippen LogP contribution in [0.4, 0.5) is 0 Å². The van der Waals surface area contributed by atoms with E-state index < -0.39 is 0 Å². The van der Waals surface area contributed by atoms with Crippen molar-refractivity contribution < 1.29 is 5.11 Å². The number of piperidine rings is 1. The lowest BCUT2D eigenvalue weighted by atomic mass is 9.89. The molecule has 2 N–H and O–H groups in total. The monoisotopic (exact) mass is 334 g/mol. The molecule has 2 unspecified atom stereocenters. The Morgan fingerprint density at radius 1 is 1.12 bits per heavy atom. The van der Waals surface area contributed by atoms with Gasteiger partial charge >= 0.3 is 0 Å². The molecule has 1 aliphatic heterocycles. The highest BCUT2D eigenvalue weighted by Crippen LogP contribution is 2.26. The number of aliphatic hydroxyl groups excluding tert-OH is 1. The number of rotatable bonds is 5. The highest BCUT2D eigenvalue weighted by molar-refractivity contribution is 5.24. The lowest BCUT2D eigenvalue weighted by Crippen LogP contribution is -2.51. The lowest BCUT2D eigenvalue weighted by molar-refractivity contribution is 0.00713. The van der Waals surface area contributed by atoms with Crippen molar-refractivity contribution in [3.63, 3.8) is 0 Å². The second-order valence-electron chi connectivity index (χ2n) is 7.58. The Labute approximate surface area is 146 Å². The summed E-state index contributed by atoms with van der Waals surface area (Å²) in [5, 5.41) is 18.6. The van der Waals surface area contributed by atoms with Crippen LogP contribution < -0.4 is 5.32 Å². The SMILES string of the molecule is CCn1nc(C)c(CNC2CCN(C3CCCCC3O)CC2)c1C. The third kappa shape index (κ3) is 3.84. The summed E-state index contributed by atoms with van der Waals surface area (Å²) in [6.45, 7) is 10.5. The molecule has 136 valence electrons. The van der Waals surface area contributed by atoms with E-state index in [1.165, 1.54) is 43.4 Å². The summed E-state index contributed by atoms with van der Waals surface area (Å²) in [5.74, 6) is 0. The first-order chi connectivity index (χ1) is 11.6. The Bertz CT molecular complexity index is 534. The van der Waals surface area contributed by atoms with E-state index in [9.17, 15) is 5.11 Å². The van der Waals surface area contributed by atoms with E-state index >= 15 is 0 Å². The van der Waals surface area contributed by atoms with Gasteiger partial charge in [-0.05, 0) is 46.5 Å². The van der Waals surface area contributed by atoms with E-state index in [0.717, 1.165) is 38.3 Å². The number of aromatic nitrogens is 2. The number of nitrogens with one attached hydrogen (secondary N) is 1. The van der Waals surface area contributed by atoms with Gasteiger partial charge in [0.2, 0.25) is 0 Å². The van der Waals surface area contributed by atoms with Crippen molar-refractivity contribution in [3.05, 3.63) is 17.0 Å². The fourth-order valence-electron chi connectivity index (χ4n) is 4.50. The van der Waals surface area contributed by atoms with Gasteiger partial charge in [0, 0.05) is 49.5 Å². The van der Waals surface area contributed by atoms with Crippen molar-refractivity contribution >= 4 is 0 Å². The number of likely N-dealkylation sites (tertiary alicyclic amines) is 1. The normalized spacial score (nSPS) is 26.8. The molecule has 2 fully saturated rings. The molecule has 5 nitrogen and oxygen atoms in total. The summed E-state index contributed by atoms with van der Waals surface area (Å²) in [5.41, 5.74) is 3.82. The van der Waals surface area contributed by atoms with Crippen LogP contribution in [-0.2, 0) is 13.1 Å². The van der Waals surface area contributed by atoms with Crippen LogP contribution in [0.2, 0.25) is 0 Å². The number of hydrogen-bond donors (Lipinski definition) is 2. The summed E-state index contributed by atoms with van der Waals surface area (Å²) in [4.78, 5) is 2.54. The molecule has 0 radical (unpaired) electrons. The minimum absolute atomic E-state index is 0.103. The summed E-state index contributed by atoms with van der Waals surface area (Å²) in [7, 11) is 0. The highest BCUT2D eigenvalue weighted by atomic mass is 16.3. The maximum absolute atomic E-state index is 10.3. The molecule has 3 rings (SSSR count). The molecule has 2 atom stereocenters. The molecule has 0 spiro atoms. The lowest BCUT2D eigenvalue weighted by Gasteiger charge is -2.41. The Morgan fingerprint density at radius 2 is 1.83 bits per heavy atom. The first kappa shape index (κ1) is 17.9. The van der Waals surface area contributed by atoms with Crippen LogP contribution in [0.25, 0.3) is 0 Å². The van der Waals surface area contributed by atoms with Crippen LogP contribution >= 0.6 is 0 Å². The van der Waals surface area contributed by atoms with Crippen molar-refractivity contribution in [1.29, 1.82) is 0 Å². The standard InChI is InChI=1S/C19H34N4O/c1-4-23-15(3)17(14(2)21-23)13-20-16-9-11-22(12-10-16)18-7-5-6-8-19(18)24/h16,18-20,24H,4-13H2,1-3H3. The van der Waals surface area contributed by atoms with Crippen LogP contribution in [0, 0.1) is 13.8 Å². The van der Waals surface area contributed by atoms with E-state index in [1.807, 2.05) is 0 Å². The zero-order valence-electron chi connectivity index (χ0n) is 15.6. The summed E-state index contributed by atoms with van der Waals surface area (Å²) < 4.78 is 2.10. The molecule has 0 aromatic carbocycles. The molecule has 5 heteroatoms. The van der Waals surface area contributed by atoms with E-state index in [-0.39, 0.29) is 6.10 Å². The molecule has 1 aromatic rings. The molecule has 1 aliphatic carbocycles. The predicted octanol–water partition coefficient (Wildman–Crippen LogP) is 2.38. The van der Waals surface area contributed by atoms with Gasteiger partial charge in [-0.25, -0.2) is 0 Å². The highest BCUT2D eigenvalue weighted by Gasteiger charge is 2.31. The fourth-order valence-corrected chi connectivity index (χ4v) is 4.50. The topological polar surface area (TPSA) is 53.3 Å². The summed E-state index contributed by atoms with van der Waals surface area (Å²) in [6, 6.07) is 0.998. The van der Waals surface area contributed by atoms with E-state index in [4.69, 9.17) is 0 Å². The first-order valence-corrected chi connectivity index (χ1v) is 9.78. The van der Waals surface area contributed by atoms with Crippen molar-refractivity contribution in [3.8, 4) is 0 Å². The Kier molecular flexibility index (Phi) is 5.95. The van der Waals surface area contributed by atoms with Gasteiger partial charge in [0.1, 0.15) is 0 Å². The number of aryl methyl sites for hydroxylation is 2. The molecular weight excluding hydrogens is 300 g/mol. The zero-order chi connectivity index (χ0) is 17.1. The molecule has 1 aromatic heterocycles. The molecule has 1 saturated heterocycles. The van der Waals surface area contributed by atoms with Gasteiger partial charge in [-0.1, -0.05) is 12.8 Å². The van der Waals surface area contributed by atoms with Crippen LogP contribution in [0.1, 0.15) is 62.4 Å². The minimum atomic E-state index is -0.103. The average molecular weight is 335 g/mol. The molecular formula is C19H34N4O. The van der Waals surface area contributed by atoms with Crippen molar-refractivity contribution in [2.75, 3.05) is 13.1 Å². The third-order valence-corrected chi connectivity index (χ3v) is 6.09. The van der Waals surface area contributed by atoms with E-state index in [0.29, 0.717) is 12.1 Å². The van der Waals surface area contributed by atoms with Gasteiger partial charge in [0.25, 0.3) is 0 Å². The molecule has 2 heterocycles. The average Bonchev–Trinajstić information content (AvgIpc) is 2.88. The largest absolute Gasteiger partial charge is 0.391 e. The maximum Gasteiger partial charge on any atom is 0.0695 e. The van der Waals surface area contributed by atoms with E-state index in [2.05, 4.69) is 40.8 Å². The third-order valence-electron chi connectivity index (χ3n) is 6.09. The number of nitrogens with zero attached hydrogens (tertiary/aromatic N) is 3. The van der Waals surface area contributed by atoms with Crippen molar-refractivity contribution in [1.82, 2.24) is 20.0 Å². The minimum Gasteiger partial charge on any atom is -0.391 e. The van der Waals surface area contributed by atoms with Crippen molar-refractivity contribution in [2.45, 2.75) is 90.6 Å². The van der Waals surface area contributed by atoms with Gasteiger partial charge in [-0.3, -0.25) is 9.58 Å². The summed E-state index contributed by atoms with van der Waals surface area (Å²) >= 11 is 0. The van der Waals surface area contributed by atoms with E-state index in [1.54, 1.807) is 0 Å². The second-order valence-corrected chi connectivity index (χ2v) is 7.58. The second kappa shape index (κ2) is 7.98. The summed E-state index contributed by atoms with van der Waals surface area (Å²) in [6.07, 6.45) is 6.90. The Balaban J connectivity index is 1.48. The van der Waals surface area contributed by atoms with Gasteiger partial charge in [-0.15, -0.1) is 0 Å². The Hall–Kier alpha value is -0.910. The Morgan fingerprint density at radius 3 is 2.46 bits per heavy atom. The molecule has 24 heavy (non-hydrogen) atoms. The molecule has 0 bridgehead atoms. The van der Waals surface area contributed by atoms with Gasteiger partial charge in [-0.2, -0.15) is 5.10 Å². The van der Waals surface area contributed by atoms with Gasteiger partial charge in [0.05, 0.1) is 11.8 Å². The van der Waals surface area contributed by atoms with Gasteiger partial charge < -0.3 is 10.4 Å². The van der Waals surface area contributed by atoms with Crippen LogP contribution in [0.5, 0.6) is 0 Å². The van der Waals surface area contributed by atoms with Gasteiger partial charge in [0.15, 0.2) is 0 Å². The fraction of sp³-hybridized carbons (Fsp3) is 0.842. The number of hydrogen-bond acceptors (Lipinski definition) is 4. The molecule has 0 amide bonds.